The highest BCUT2D eigenvalue weighted by molar-refractivity contribution is 5.77. The van der Waals surface area contributed by atoms with Crippen LogP contribution in [0.1, 0.15) is 271 Å². The average molecular weight is 792 g/mol. The third kappa shape index (κ3) is 39.4. The predicted molar refractivity (Wildman–Crippen MR) is 241 cm³/mol. The van der Waals surface area contributed by atoms with E-state index in [1.54, 1.807) is 0 Å². The first-order valence-corrected chi connectivity index (χ1v) is 24.9. The van der Waals surface area contributed by atoms with Gasteiger partial charge in [-0.05, 0) is 44.9 Å². The second kappa shape index (κ2) is 44.7. The zero-order chi connectivity index (χ0) is 41.0. The molecule has 332 valence electrons. The molecule has 0 aromatic carbocycles. The van der Waals surface area contributed by atoms with Gasteiger partial charge < -0.3 is 20.3 Å². The van der Waals surface area contributed by atoms with Crippen LogP contribution in [-0.4, -0.2) is 46.9 Å². The number of carbonyl (C=O) groups excluding carboxylic acids is 2. The first-order valence-electron chi connectivity index (χ1n) is 24.9. The number of amides is 1. The Hall–Kier alpha value is -1.40. The standard InChI is InChI=1S/C50H97NO5/c1-4-7-10-13-16-19-20-21-22-23-24-25-26-27-28-31-34-37-40-43-50(55)56-46(41-38-35-32-29-17-14-11-8-5-2)44-49(54)51-47(45-52)48(53)42-39-36-33-30-18-15-12-9-6-3/h14,17,46-48,52-53H,4-13,15-16,18-45H2,1-3H3,(H,51,54)/b17-14-. The molecule has 0 fully saturated rings. The van der Waals surface area contributed by atoms with E-state index >= 15 is 0 Å². The summed E-state index contributed by atoms with van der Waals surface area (Å²) in [6.45, 7) is 6.43. The van der Waals surface area contributed by atoms with E-state index in [-0.39, 0.29) is 24.9 Å². The SMILES string of the molecule is CCCC/C=C\CCCCCC(CC(=O)NC(CO)C(O)CCCCCCCCCCC)OC(=O)CCCCCCCCCCCCCCCCCCCCC. The van der Waals surface area contributed by atoms with Crippen molar-refractivity contribution in [3.63, 3.8) is 0 Å². The van der Waals surface area contributed by atoms with Gasteiger partial charge in [0.2, 0.25) is 5.91 Å². The maximum Gasteiger partial charge on any atom is 0.306 e. The molecule has 6 heteroatoms. The molecule has 0 radical (unpaired) electrons. The molecule has 3 N–H and O–H groups in total. The molecule has 0 saturated carbocycles. The number of ether oxygens (including phenoxy) is 1. The quantitative estimate of drug-likeness (QED) is 0.0324. The van der Waals surface area contributed by atoms with Gasteiger partial charge >= 0.3 is 5.97 Å². The van der Waals surface area contributed by atoms with E-state index < -0.39 is 18.2 Å². The molecule has 3 atom stereocenters. The van der Waals surface area contributed by atoms with Crippen LogP contribution >= 0.6 is 0 Å². The number of aliphatic hydroxyl groups excluding tert-OH is 2. The van der Waals surface area contributed by atoms with Crippen molar-refractivity contribution in [2.24, 2.45) is 0 Å². The van der Waals surface area contributed by atoms with Gasteiger partial charge in [0.05, 0.1) is 25.2 Å². The maximum atomic E-state index is 13.1. The molecule has 0 aliphatic carbocycles. The van der Waals surface area contributed by atoms with Crippen molar-refractivity contribution in [3.05, 3.63) is 12.2 Å². The first-order chi connectivity index (χ1) is 27.5. The topological polar surface area (TPSA) is 95.9 Å². The van der Waals surface area contributed by atoms with E-state index in [0.717, 1.165) is 70.6 Å². The lowest BCUT2D eigenvalue weighted by atomic mass is 10.0. The molecule has 0 aliphatic rings. The highest BCUT2D eigenvalue weighted by Gasteiger charge is 2.24. The lowest BCUT2D eigenvalue weighted by Crippen LogP contribution is -2.46. The van der Waals surface area contributed by atoms with E-state index in [1.807, 2.05) is 0 Å². The fraction of sp³-hybridized carbons (Fsp3) is 0.920. The zero-order valence-corrected chi connectivity index (χ0v) is 37.8. The molecule has 0 aliphatic heterocycles. The van der Waals surface area contributed by atoms with Gasteiger partial charge in [-0.15, -0.1) is 0 Å². The van der Waals surface area contributed by atoms with Crippen molar-refractivity contribution in [1.29, 1.82) is 0 Å². The van der Waals surface area contributed by atoms with Crippen LogP contribution < -0.4 is 5.32 Å². The van der Waals surface area contributed by atoms with E-state index in [1.165, 1.54) is 154 Å². The zero-order valence-electron chi connectivity index (χ0n) is 37.8. The molecule has 0 spiro atoms. The van der Waals surface area contributed by atoms with Crippen molar-refractivity contribution in [2.75, 3.05) is 6.61 Å². The predicted octanol–water partition coefficient (Wildman–Crippen LogP) is 14.6. The lowest BCUT2D eigenvalue weighted by molar-refractivity contribution is -0.151. The molecule has 6 nitrogen and oxygen atoms in total. The Morgan fingerprint density at radius 2 is 0.875 bits per heavy atom. The van der Waals surface area contributed by atoms with Gasteiger partial charge in [-0.25, -0.2) is 0 Å². The Balaban J connectivity index is 4.37. The van der Waals surface area contributed by atoms with Crippen LogP contribution in [0, 0.1) is 0 Å². The summed E-state index contributed by atoms with van der Waals surface area (Å²) in [5.41, 5.74) is 0. The maximum absolute atomic E-state index is 13.1. The summed E-state index contributed by atoms with van der Waals surface area (Å²) < 4.78 is 5.90. The Bertz CT molecular complexity index is 847. The van der Waals surface area contributed by atoms with Gasteiger partial charge in [-0.3, -0.25) is 9.59 Å². The molecule has 0 aromatic heterocycles. The third-order valence-corrected chi connectivity index (χ3v) is 11.6. The summed E-state index contributed by atoms with van der Waals surface area (Å²) in [4.78, 5) is 26.0. The number of carbonyl (C=O) groups is 2. The van der Waals surface area contributed by atoms with Crippen LogP contribution in [0.4, 0.5) is 0 Å². The van der Waals surface area contributed by atoms with Crippen LogP contribution in [0.25, 0.3) is 0 Å². The minimum Gasteiger partial charge on any atom is -0.462 e. The summed E-state index contributed by atoms with van der Waals surface area (Å²) in [5, 5.41) is 23.6. The van der Waals surface area contributed by atoms with Crippen LogP contribution in [0.2, 0.25) is 0 Å². The molecule has 0 rings (SSSR count). The van der Waals surface area contributed by atoms with E-state index in [9.17, 15) is 19.8 Å². The molecule has 56 heavy (non-hydrogen) atoms. The second-order valence-corrected chi connectivity index (χ2v) is 17.2. The van der Waals surface area contributed by atoms with Gasteiger partial charge in [0, 0.05) is 6.42 Å². The van der Waals surface area contributed by atoms with Crippen LogP contribution in [-0.2, 0) is 14.3 Å². The van der Waals surface area contributed by atoms with E-state index in [0.29, 0.717) is 19.3 Å². The van der Waals surface area contributed by atoms with E-state index in [2.05, 4.69) is 38.2 Å². The van der Waals surface area contributed by atoms with Crippen molar-refractivity contribution < 1.29 is 24.5 Å². The normalized spacial score (nSPS) is 13.3. The number of unbranched alkanes of at least 4 members (excludes halogenated alkanes) is 31. The lowest BCUT2D eigenvalue weighted by Gasteiger charge is -2.24. The van der Waals surface area contributed by atoms with Crippen molar-refractivity contribution >= 4 is 11.9 Å². The van der Waals surface area contributed by atoms with Gasteiger partial charge in [0.15, 0.2) is 0 Å². The third-order valence-electron chi connectivity index (χ3n) is 11.6. The van der Waals surface area contributed by atoms with Crippen molar-refractivity contribution in [2.45, 2.75) is 289 Å². The fourth-order valence-corrected chi connectivity index (χ4v) is 7.77. The minimum atomic E-state index is -0.783. The highest BCUT2D eigenvalue weighted by atomic mass is 16.5. The van der Waals surface area contributed by atoms with Crippen molar-refractivity contribution in [1.82, 2.24) is 5.32 Å². The summed E-state index contributed by atoms with van der Waals surface area (Å²) in [6.07, 6.45) is 48.6. The number of allylic oxidation sites excluding steroid dienone is 2. The Morgan fingerprint density at radius 3 is 1.32 bits per heavy atom. The molecular weight excluding hydrogens is 695 g/mol. The Morgan fingerprint density at radius 1 is 0.500 bits per heavy atom. The monoisotopic (exact) mass is 792 g/mol. The number of rotatable bonds is 45. The summed E-state index contributed by atoms with van der Waals surface area (Å²) in [5.74, 6) is -0.479. The largest absolute Gasteiger partial charge is 0.462 e. The summed E-state index contributed by atoms with van der Waals surface area (Å²) in [7, 11) is 0. The van der Waals surface area contributed by atoms with Gasteiger partial charge in [0.25, 0.3) is 0 Å². The minimum absolute atomic E-state index is 0.0725. The fourth-order valence-electron chi connectivity index (χ4n) is 7.77. The van der Waals surface area contributed by atoms with Crippen LogP contribution in [0.3, 0.4) is 0 Å². The van der Waals surface area contributed by atoms with Gasteiger partial charge in [-0.2, -0.15) is 0 Å². The number of hydrogen-bond acceptors (Lipinski definition) is 5. The molecular formula is C50H97NO5. The highest BCUT2D eigenvalue weighted by Crippen LogP contribution is 2.18. The van der Waals surface area contributed by atoms with E-state index in [4.69, 9.17) is 4.74 Å². The molecule has 0 bridgehead atoms. The molecule has 0 aromatic rings. The molecule has 0 heterocycles. The smallest absolute Gasteiger partial charge is 0.306 e. The van der Waals surface area contributed by atoms with Crippen molar-refractivity contribution in [3.8, 4) is 0 Å². The summed E-state index contributed by atoms with van der Waals surface area (Å²) in [6, 6.07) is -0.697. The number of nitrogens with one attached hydrogen (secondary N) is 1. The molecule has 3 unspecified atom stereocenters. The molecule has 1 amide bonds. The first kappa shape index (κ1) is 54.6. The molecule has 0 saturated heterocycles. The van der Waals surface area contributed by atoms with Crippen LogP contribution in [0.5, 0.6) is 0 Å². The summed E-state index contributed by atoms with van der Waals surface area (Å²) >= 11 is 0. The number of aliphatic hydroxyl groups is 2. The van der Waals surface area contributed by atoms with Crippen LogP contribution in [0.15, 0.2) is 12.2 Å². The Labute approximate surface area is 349 Å². The number of hydrogen-bond donors (Lipinski definition) is 3. The average Bonchev–Trinajstić information content (AvgIpc) is 3.19. The number of esters is 1. The second-order valence-electron chi connectivity index (χ2n) is 17.2. The Kier molecular flexibility index (Phi) is 43.6. The van der Waals surface area contributed by atoms with Gasteiger partial charge in [0.1, 0.15) is 6.10 Å². The van der Waals surface area contributed by atoms with Gasteiger partial charge in [-0.1, -0.05) is 226 Å².